The summed E-state index contributed by atoms with van der Waals surface area (Å²) in [4.78, 5) is 0. The predicted octanol–water partition coefficient (Wildman–Crippen LogP) is 1.93. The Bertz CT molecular complexity index is 258. The molecule has 1 aromatic rings. The van der Waals surface area contributed by atoms with Crippen molar-refractivity contribution in [2.75, 3.05) is 0 Å². The van der Waals surface area contributed by atoms with Gasteiger partial charge in [0, 0.05) is 24.5 Å². The van der Waals surface area contributed by atoms with Gasteiger partial charge in [-0.15, -0.1) is 0 Å². The molecule has 0 radical (unpaired) electrons. The molecule has 14 heavy (non-hydrogen) atoms. The minimum Gasteiger partial charge on any atom is -0.308 e. The van der Waals surface area contributed by atoms with Gasteiger partial charge in [-0.3, -0.25) is 5.10 Å². The maximum atomic E-state index is 3.94. The van der Waals surface area contributed by atoms with E-state index in [2.05, 4.69) is 29.4 Å². The highest BCUT2D eigenvalue weighted by molar-refractivity contribution is 4.98. The van der Waals surface area contributed by atoms with E-state index < -0.39 is 0 Å². The number of aromatic nitrogens is 2. The van der Waals surface area contributed by atoms with Crippen LogP contribution in [0.15, 0.2) is 12.3 Å². The van der Waals surface area contributed by atoms with Crippen LogP contribution in [0.4, 0.5) is 0 Å². The first-order valence-corrected chi connectivity index (χ1v) is 5.49. The lowest BCUT2D eigenvalue weighted by Crippen LogP contribution is -2.35. The van der Waals surface area contributed by atoms with E-state index in [0.717, 1.165) is 18.4 Å². The molecule has 0 amide bonds. The van der Waals surface area contributed by atoms with Crippen molar-refractivity contribution in [1.82, 2.24) is 15.5 Å². The zero-order valence-electron chi connectivity index (χ0n) is 8.96. The standard InChI is InChI=1S/C11H19N3/c1-8-3-4-9(2)11(8)12-7-10-5-6-13-14-10/h5-6,8-9,11-12H,3-4,7H2,1-2H3,(H,13,14). The summed E-state index contributed by atoms with van der Waals surface area (Å²) in [5, 5.41) is 10.5. The number of nitrogens with one attached hydrogen (secondary N) is 2. The Morgan fingerprint density at radius 2 is 2.14 bits per heavy atom. The quantitative estimate of drug-likeness (QED) is 0.770. The van der Waals surface area contributed by atoms with Crippen LogP contribution < -0.4 is 5.32 Å². The lowest BCUT2D eigenvalue weighted by Gasteiger charge is -2.21. The van der Waals surface area contributed by atoms with Gasteiger partial charge in [0.1, 0.15) is 0 Å². The first-order valence-electron chi connectivity index (χ1n) is 5.49. The molecule has 0 saturated heterocycles. The summed E-state index contributed by atoms with van der Waals surface area (Å²) in [6.07, 6.45) is 4.53. The number of rotatable bonds is 3. The van der Waals surface area contributed by atoms with Gasteiger partial charge in [-0.2, -0.15) is 5.10 Å². The summed E-state index contributed by atoms with van der Waals surface area (Å²) in [5.41, 5.74) is 1.18. The average Bonchev–Trinajstić information content (AvgIpc) is 2.76. The van der Waals surface area contributed by atoms with Crippen molar-refractivity contribution in [3.05, 3.63) is 18.0 Å². The van der Waals surface area contributed by atoms with Crippen LogP contribution in [0.25, 0.3) is 0 Å². The van der Waals surface area contributed by atoms with Gasteiger partial charge >= 0.3 is 0 Å². The summed E-state index contributed by atoms with van der Waals surface area (Å²) >= 11 is 0. The average molecular weight is 193 g/mol. The molecule has 2 unspecified atom stereocenters. The van der Waals surface area contributed by atoms with Crippen molar-refractivity contribution in [3.63, 3.8) is 0 Å². The molecule has 1 fully saturated rings. The summed E-state index contributed by atoms with van der Waals surface area (Å²) in [6, 6.07) is 2.70. The van der Waals surface area contributed by atoms with Crippen molar-refractivity contribution in [3.8, 4) is 0 Å². The number of H-pyrrole nitrogens is 1. The van der Waals surface area contributed by atoms with E-state index >= 15 is 0 Å². The van der Waals surface area contributed by atoms with Gasteiger partial charge in [0.15, 0.2) is 0 Å². The minimum absolute atomic E-state index is 0.679. The van der Waals surface area contributed by atoms with E-state index in [-0.39, 0.29) is 0 Å². The Balaban J connectivity index is 1.85. The molecule has 2 atom stereocenters. The molecule has 0 bridgehead atoms. The second-order valence-corrected chi connectivity index (χ2v) is 4.52. The maximum absolute atomic E-state index is 3.94. The Labute approximate surface area is 85.3 Å². The van der Waals surface area contributed by atoms with Gasteiger partial charge in [0.05, 0.1) is 0 Å². The summed E-state index contributed by atoms with van der Waals surface area (Å²) in [7, 11) is 0. The van der Waals surface area contributed by atoms with Crippen LogP contribution in [0, 0.1) is 11.8 Å². The van der Waals surface area contributed by atoms with Crippen molar-refractivity contribution >= 4 is 0 Å². The highest BCUT2D eigenvalue weighted by atomic mass is 15.1. The molecule has 0 spiro atoms. The van der Waals surface area contributed by atoms with Crippen LogP contribution >= 0.6 is 0 Å². The monoisotopic (exact) mass is 193 g/mol. The second kappa shape index (κ2) is 4.13. The molecular weight excluding hydrogens is 174 g/mol. The molecule has 0 aliphatic heterocycles. The van der Waals surface area contributed by atoms with Gasteiger partial charge in [0.25, 0.3) is 0 Å². The van der Waals surface area contributed by atoms with E-state index in [1.807, 2.05) is 6.07 Å². The van der Waals surface area contributed by atoms with Crippen molar-refractivity contribution in [2.24, 2.45) is 11.8 Å². The van der Waals surface area contributed by atoms with E-state index in [0.29, 0.717) is 6.04 Å². The molecule has 2 rings (SSSR count). The van der Waals surface area contributed by atoms with Gasteiger partial charge in [-0.05, 0) is 30.7 Å². The van der Waals surface area contributed by atoms with Gasteiger partial charge in [0.2, 0.25) is 0 Å². The summed E-state index contributed by atoms with van der Waals surface area (Å²) in [6.45, 7) is 5.60. The highest BCUT2D eigenvalue weighted by Gasteiger charge is 2.29. The Kier molecular flexibility index (Phi) is 2.87. The maximum Gasteiger partial charge on any atom is 0.0490 e. The zero-order valence-corrected chi connectivity index (χ0v) is 8.96. The third-order valence-corrected chi connectivity index (χ3v) is 3.39. The van der Waals surface area contributed by atoms with Crippen LogP contribution in [-0.2, 0) is 6.54 Å². The molecule has 1 aliphatic rings. The summed E-state index contributed by atoms with van der Waals surface area (Å²) < 4.78 is 0. The molecule has 0 aromatic carbocycles. The molecule has 78 valence electrons. The highest BCUT2D eigenvalue weighted by Crippen LogP contribution is 2.30. The van der Waals surface area contributed by atoms with Gasteiger partial charge in [-0.25, -0.2) is 0 Å². The van der Waals surface area contributed by atoms with E-state index in [1.165, 1.54) is 18.5 Å². The fourth-order valence-electron chi connectivity index (χ4n) is 2.46. The lowest BCUT2D eigenvalue weighted by molar-refractivity contribution is 0.363. The lowest BCUT2D eigenvalue weighted by atomic mass is 10.0. The molecular formula is C11H19N3. The van der Waals surface area contributed by atoms with E-state index in [9.17, 15) is 0 Å². The third kappa shape index (κ3) is 1.98. The van der Waals surface area contributed by atoms with Crippen molar-refractivity contribution < 1.29 is 0 Å². The fraction of sp³-hybridized carbons (Fsp3) is 0.727. The molecule has 3 heteroatoms. The van der Waals surface area contributed by atoms with Crippen LogP contribution in [-0.4, -0.2) is 16.2 Å². The van der Waals surface area contributed by atoms with E-state index in [1.54, 1.807) is 6.20 Å². The molecule has 1 aromatic heterocycles. The van der Waals surface area contributed by atoms with Gasteiger partial charge in [-0.1, -0.05) is 13.8 Å². The molecule has 1 aliphatic carbocycles. The van der Waals surface area contributed by atoms with E-state index in [4.69, 9.17) is 0 Å². The van der Waals surface area contributed by atoms with Crippen molar-refractivity contribution in [2.45, 2.75) is 39.3 Å². The van der Waals surface area contributed by atoms with Crippen LogP contribution in [0.1, 0.15) is 32.4 Å². The molecule has 1 saturated carbocycles. The number of aromatic amines is 1. The number of hydrogen-bond acceptors (Lipinski definition) is 2. The first-order chi connectivity index (χ1) is 6.77. The normalized spacial score (nSPS) is 32.3. The molecule has 3 nitrogen and oxygen atoms in total. The second-order valence-electron chi connectivity index (χ2n) is 4.52. The zero-order chi connectivity index (χ0) is 9.97. The Morgan fingerprint density at radius 3 is 2.71 bits per heavy atom. The predicted molar refractivity (Wildman–Crippen MR) is 56.8 cm³/mol. The topological polar surface area (TPSA) is 40.7 Å². The number of nitrogens with zero attached hydrogens (tertiary/aromatic N) is 1. The van der Waals surface area contributed by atoms with Gasteiger partial charge < -0.3 is 5.32 Å². The third-order valence-electron chi connectivity index (χ3n) is 3.39. The first kappa shape index (κ1) is 9.71. The largest absolute Gasteiger partial charge is 0.308 e. The smallest absolute Gasteiger partial charge is 0.0490 e. The van der Waals surface area contributed by atoms with Crippen LogP contribution in [0.2, 0.25) is 0 Å². The van der Waals surface area contributed by atoms with Crippen molar-refractivity contribution in [1.29, 1.82) is 0 Å². The number of hydrogen-bond donors (Lipinski definition) is 2. The Morgan fingerprint density at radius 1 is 1.43 bits per heavy atom. The van der Waals surface area contributed by atoms with Crippen LogP contribution in [0.5, 0.6) is 0 Å². The van der Waals surface area contributed by atoms with Crippen LogP contribution in [0.3, 0.4) is 0 Å². The summed E-state index contributed by atoms with van der Waals surface area (Å²) in [5.74, 6) is 1.63. The Hall–Kier alpha value is -0.830. The molecule has 1 heterocycles. The molecule has 2 N–H and O–H groups in total. The minimum atomic E-state index is 0.679. The SMILES string of the molecule is CC1CCC(C)C1NCc1ccn[nH]1. The fourth-order valence-corrected chi connectivity index (χ4v) is 2.46.